The van der Waals surface area contributed by atoms with Crippen LogP contribution in [0.1, 0.15) is 101 Å². The Morgan fingerprint density at radius 1 is 0.807 bits per heavy atom. The largest absolute Gasteiger partial charge is 0.449 e. The van der Waals surface area contributed by atoms with Crippen LogP contribution in [0.4, 0.5) is 15.3 Å². The van der Waals surface area contributed by atoms with E-state index >= 15 is 0 Å². The molecule has 3 aromatic carbocycles. The third kappa shape index (κ3) is 12.4. The van der Waals surface area contributed by atoms with Gasteiger partial charge in [-0.1, -0.05) is 92.8 Å². The van der Waals surface area contributed by atoms with E-state index in [2.05, 4.69) is 33.4 Å². The van der Waals surface area contributed by atoms with Gasteiger partial charge in [0.25, 0.3) is 0 Å². The molecule has 12 nitrogen and oxygen atoms in total. The van der Waals surface area contributed by atoms with Crippen LogP contribution in [0.3, 0.4) is 0 Å². The van der Waals surface area contributed by atoms with Crippen molar-refractivity contribution in [2.75, 3.05) is 18.5 Å². The quantitative estimate of drug-likeness (QED) is 0.0882. The molecule has 0 radical (unpaired) electrons. The topological polar surface area (TPSA) is 182 Å². The molecule has 0 aromatic heterocycles. The Kier molecular flexibility index (Phi) is 14.9. The molecule has 0 heterocycles. The molecule has 5 rings (SSSR count). The minimum absolute atomic E-state index is 0.0866. The zero-order valence-corrected chi connectivity index (χ0v) is 32.9. The SMILES string of the molecule is CC(C)(C)OC(=O)NCCCC[C@H](NC(=O)[C@H](CC1CCCCC1)NC(=O)OCC1c2ccccc2-c2ccccc21)C(=O)Nc1cccc(C=C(C#N)C#N)c1. The molecule has 2 aliphatic rings. The Hall–Kier alpha value is -6.14. The standard InChI is InChI=1S/C45H52N6O6/c1-45(2,3)57-43(54)48-23-12-11-22-39(41(52)49-33-17-13-16-31(25-33)24-32(27-46)28-47)50-42(53)40(26-30-14-5-4-6-15-30)51-44(55)56-29-38-36-20-9-7-18-34(36)35-19-8-10-21-37(35)38/h7-10,13,16-21,24-25,30,38-40H,4-6,11-12,14-15,22-23,26,29H2,1-3H3,(H,48,54)(H,49,52)(H,50,53)(H,51,55)/t39-,40-/m0/s1. The van der Waals surface area contributed by atoms with E-state index in [-0.39, 0.29) is 30.4 Å². The van der Waals surface area contributed by atoms with E-state index in [0.29, 0.717) is 37.1 Å². The fourth-order valence-electron chi connectivity index (χ4n) is 7.48. The predicted octanol–water partition coefficient (Wildman–Crippen LogP) is 8.11. The summed E-state index contributed by atoms with van der Waals surface area (Å²) < 4.78 is 11.2. The molecule has 298 valence electrons. The van der Waals surface area contributed by atoms with Gasteiger partial charge in [-0.2, -0.15) is 10.5 Å². The average molecular weight is 773 g/mol. The van der Waals surface area contributed by atoms with Gasteiger partial charge in [-0.05, 0) is 98.4 Å². The molecular weight excluding hydrogens is 721 g/mol. The predicted molar refractivity (Wildman–Crippen MR) is 217 cm³/mol. The normalized spacial score (nSPS) is 14.6. The first kappa shape index (κ1) is 42.0. The number of amides is 4. The number of hydrogen-bond donors (Lipinski definition) is 4. The van der Waals surface area contributed by atoms with Crippen molar-refractivity contribution in [1.29, 1.82) is 10.5 Å². The molecule has 2 atom stereocenters. The lowest BCUT2D eigenvalue weighted by Crippen LogP contribution is -2.53. The highest BCUT2D eigenvalue weighted by Gasteiger charge is 2.32. The van der Waals surface area contributed by atoms with Crippen molar-refractivity contribution in [2.24, 2.45) is 5.92 Å². The maximum Gasteiger partial charge on any atom is 0.407 e. The van der Waals surface area contributed by atoms with Crippen molar-refractivity contribution in [1.82, 2.24) is 16.0 Å². The van der Waals surface area contributed by atoms with Crippen molar-refractivity contribution < 1.29 is 28.7 Å². The van der Waals surface area contributed by atoms with Gasteiger partial charge in [0.15, 0.2) is 0 Å². The van der Waals surface area contributed by atoms with E-state index in [4.69, 9.17) is 9.47 Å². The van der Waals surface area contributed by atoms with E-state index < -0.39 is 41.7 Å². The summed E-state index contributed by atoms with van der Waals surface area (Å²) in [4.78, 5) is 53.7. The Morgan fingerprint density at radius 2 is 1.47 bits per heavy atom. The molecule has 4 N–H and O–H groups in total. The molecule has 57 heavy (non-hydrogen) atoms. The minimum Gasteiger partial charge on any atom is -0.449 e. The number of nitrogens with one attached hydrogen (secondary N) is 4. The molecule has 0 spiro atoms. The Morgan fingerprint density at radius 3 is 2.12 bits per heavy atom. The van der Waals surface area contributed by atoms with Crippen LogP contribution in [0.2, 0.25) is 0 Å². The van der Waals surface area contributed by atoms with Crippen LogP contribution < -0.4 is 21.3 Å². The van der Waals surface area contributed by atoms with E-state index in [1.165, 1.54) is 6.08 Å². The van der Waals surface area contributed by atoms with Gasteiger partial charge in [0.05, 0.1) is 0 Å². The third-order valence-electron chi connectivity index (χ3n) is 10.2. The number of anilines is 1. The Bertz CT molecular complexity index is 1960. The first-order chi connectivity index (χ1) is 27.4. The van der Waals surface area contributed by atoms with Gasteiger partial charge in [-0.3, -0.25) is 9.59 Å². The molecule has 12 heteroatoms. The van der Waals surface area contributed by atoms with Gasteiger partial charge in [-0.25, -0.2) is 9.59 Å². The summed E-state index contributed by atoms with van der Waals surface area (Å²) in [5.74, 6) is -0.905. The lowest BCUT2D eigenvalue weighted by molar-refractivity contribution is -0.128. The summed E-state index contributed by atoms with van der Waals surface area (Å²) >= 11 is 0. The molecule has 0 bridgehead atoms. The number of nitriles is 2. The van der Waals surface area contributed by atoms with Crippen LogP contribution in [0.5, 0.6) is 0 Å². The summed E-state index contributed by atoms with van der Waals surface area (Å²) in [7, 11) is 0. The van der Waals surface area contributed by atoms with Crippen LogP contribution in [-0.2, 0) is 19.1 Å². The number of alkyl carbamates (subject to hydrolysis) is 2. The minimum atomic E-state index is -0.995. The molecule has 0 saturated heterocycles. The van der Waals surface area contributed by atoms with Crippen LogP contribution in [0.15, 0.2) is 78.4 Å². The number of benzene rings is 3. The van der Waals surface area contributed by atoms with Gasteiger partial charge >= 0.3 is 12.2 Å². The van der Waals surface area contributed by atoms with Gasteiger partial charge in [0.2, 0.25) is 11.8 Å². The van der Waals surface area contributed by atoms with Crippen molar-refractivity contribution >= 4 is 35.8 Å². The Balaban J connectivity index is 1.28. The number of carbonyl (C=O) groups excluding carboxylic acids is 4. The number of fused-ring (bicyclic) bond motifs is 3. The molecular formula is C45H52N6O6. The van der Waals surface area contributed by atoms with Crippen LogP contribution in [0, 0.1) is 28.6 Å². The highest BCUT2D eigenvalue weighted by Crippen LogP contribution is 2.44. The number of rotatable bonds is 15. The van der Waals surface area contributed by atoms with Crippen LogP contribution in [-0.4, -0.2) is 54.8 Å². The second-order valence-electron chi connectivity index (χ2n) is 15.6. The maximum atomic E-state index is 14.2. The van der Waals surface area contributed by atoms with Gasteiger partial charge < -0.3 is 30.7 Å². The number of carbonyl (C=O) groups is 4. The fraction of sp³-hybridized carbons (Fsp3) is 0.422. The molecule has 1 saturated carbocycles. The molecule has 4 amide bonds. The van der Waals surface area contributed by atoms with E-state index in [1.807, 2.05) is 48.5 Å². The zero-order chi connectivity index (χ0) is 40.8. The van der Waals surface area contributed by atoms with Gasteiger partial charge in [0.1, 0.15) is 42.0 Å². The summed E-state index contributed by atoms with van der Waals surface area (Å²) in [5, 5.41) is 29.7. The fourth-order valence-corrected chi connectivity index (χ4v) is 7.48. The average Bonchev–Trinajstić information content (AvgIpc) is 3.51. The second kappa shape index (κ2) is 20.1. The summed E-state index contributed by atoms with van der Waals surface area (Å²) in [6, 6.07) is 24.5. The van der Waals surface area contributed by atoms with Crippen LogP contribution in [0.25, 0.3) is 17.2 Å². The molecule has 1 fully saturated rings. The summed E-state index contributed by atoms with van der Waals surface area (Å²) in [5.41, 5.74) is 4.60. The molecule has 2 aliphatic carbocycles. The van der Waals surface area contributed by atoms with Gasteiger partial charge in [0, 0.05) is 18.2 Å². The van der Waals surface area contributed by atoms with E-state index in [1.54, 1.807) is 45.0 Å². The number of hydrogen-bond acceptors (Lipinski definition) is 8. The van der Waals surface area contributed by atoms with E-state index in [0.717, 1.165) is 54.4 Å². The van der Waals surface area contributed by atoms with Gasteiger partial charge in [-0.15, -0.1) is 0 Å². The highest BCUT2D eigenvalue weighted by atomic mass is 16.6. The first-order valence-electron chi connectivity index (χ1n) is 19.8. The lowest BCUT2D eigenvalue weighted by Gasteiger charge is -2.28. The van der Waals surface area contributed by atoms with Crippen molar-refractivity contribution in [3.63, 3.8) is 0 Å². The molecule has 3 aromatic rings. The molecule has 0 aliphatic heterocycles. The Labute approximate surface area is 335 Å². The first-order valence-corrected chi connectivity index (χ1v) is 19.8. The van der Waals surface area contributed by atoms with E-state index in [9.17, 15) is 29.7 Å². The van der Waals surface area contributed by atoms with Crippen molar-refractivity contribution in [3.8, 4) is 23.3 Å². The number of nitrogens with zero attached hydrogens (tertiary/aromatic N) is 2. The summed E-state index contributed by atoms with van der Waals surface area (Å²) in [6.45, 7) is 5.74. The van der Waals surface area contributed by atoms with Crippen molar-refractivity contribution in [3.05, 3.63) is 95.1 Å². The number of unbranched alkanes of at least 4 members (excludes halogenated alkanes) is 1. The smallest absolute Gasteiger partial charge is 0.407 e. The second-order valence-corrected chi connectivity index (χ2v) is 15.6. The number of ether oxygens (including phenoxy) is 2. The highest BCUT2D eigenvalue weighted by molar-refractivity contribution is 5.98. The monoisotopic (exact) mass is 772 g/mol. The zero-order valence-electron chi connectivity index (χ0n) is 32.9. The van der Waals surface area contributed by atoms with Crippen molar-refractivity contribution in [2.45, 2.75) is 102 Å². The van der Waals surface area contributed by atoms with Crippen LogP contribution >= 0.6 is 0 Å². The third-order valence-corrected chi connectivity index (χ3v) is 10.2. The number of allylic oxidation sites excluding steroid dienone is 1. The molecule has 0 unspecified atom stereocenters. The lowest BCUT2D eigenvalue weighted by atomic mass is 9.84. The maximum absolute atomic E-state index is 14.2. The summed E-state index contributed by atoms with van der Waals surface area (Å²) in [6.07, 6.45) is 6.88.